The first-order valence-electron chi connectivity index (χ1n) is 6.54. The van der Waals surface area contributed by atoms with Crippen LogP contribution in [0.2, 0.25) is 0 Å². The van der Waals surface area contributed by atoms with Gasteiger partial charge in [-0.05, 0) is 18.9 Å². The van der Waals surface area contributed by atoms with E-state index in [1.807, 2.05) is 22.0 Å². The Morgan fingerprint density at radius 3 is 3.10 bits per heavy atom. The van der Waals surface area contributed by atoms with Crippen molar-refractivity contribution in [2.45, 2.75) is 18.9 Å². The highest BCUT2D eigenvalue weighted by Crippen LogP contribution is 2.30. The standard InChI is InChI=1S/C13H11N3O3S2/c17-11(15-3-1-2-7(15)12(18)19)9-6-8-10(21-9)14-13-16(8)4-5-20-13/h4-7H,1-3H2,(H,18,19). The predicted octanol–water partition coefficient (Wildman–Crippen LogP) is 2.30. The summed E-state index contributed by atoms with van der Waals surface area (Å²) in [6, 6.07) is 1.11. The number of fused-ring (bicyclic) bond motifs is 3. The van der Waals surface area contributed by atoms with Crippen LogP contribution in [0, 0.1) is 0 Å². The number of imidazole rings is 1. The molecule has 0 saturated carbocycles. The average Bonchev–Trinajstić information content (AvgIpc) is 3.18. The number of hydrogen-bond donors (Lipinski definition) is 1. The molecule has 3 aromatic heterocycles. The average molecular weight is 321 g/mol. The predicted molar refractivity (Wildman–Crippen MR) is 80.1 cm³/mol. The molecule has 6 nitrogen and oxygen atoms in total. The Morgan fingerprint density at radius 1 is 1.43 bits per heavy atom. The summed E-state index contributed by atoms with van der Waals surface area (Å²) in [6.45, 7) is 0.506. The molecule has 0 spiro atoms. The molecule has 0 radical (unpaired) electrons. The lowest BCUT2D eigenvalue weighted by Crippen LogP contribution is -2.40. The topological polar surface area (TPSA) is 74.9 Å². The lowest BCUT2D eigenvalue weighted by Gasteiger charge is -2.20. The minimum Gasteiger partial charge on any atom is -0.480 e. The molecule has 4 heterocycles. The van der Waals surface area contributed by atoms with Crippen LogP contribution in [0.15, 0.2) is 17.6 Å². The molecule has 8 heteroatoms. The molecule has 1 aliphatic rings. The maximum atomic E-state index is 12.5. The van der Waals surface area contributed by atoms with Gasteiger partial charge in [0.05, 0.1) is 10.4 Å². The number of thiophene rings is 1. The molecule has 1 atom stereocenters. The Labute approximate surface area is 127 Å². The highest BCUT2D eigenvalue weighted by atomic mass is 32.1. The highest BCUT2D eigenvalue weighted by molar-refractivity contribution is 7.21. The summed E-state index contributed by atoms with van der Waals surface area (Å²) in [4.78, 5) is 32.0. The van der Waals surface area contributed by atoms with Gasteiger partial charge in [0.2, 0.25) is 0 Å². The Bertz CT molecular complexity index is 863. The third kappa shape index (κ3) is 1.86. The van der Waals surface area contributed by atoms with Crippen molar-refractivity contribution in [1.29, 1.82) is 0 Å². The van der Waals surface area contributed by atoms with E-state index in [1.165, 1.54) is 16.2 Å². The van der Waals surface area contributed by atoms with E-state index in [2.05, 4.69) is 4.98 Å². The first-order valence-corrected chi connectivity index (χ1v) is 8.23. The molecule has 0 bridgehead atoms. The number of amides is 1. The van der Waals surface area contributed by atoms with Crippen LogP contribution in [0.4, 0.5) is 0 Å². The van der Waals surface area contributed by atoms with Gasteiger partial charge < -0.3 is 10.0 Å². The molecule has 1 N–H and O–H groups in total. The Kier molecular flexibility index (Phi) is 2.76. The van der Waals surface area contributed by atoms with Gasteiger partial charge in [0, 0.05) is 18.1 Å². The number of carbonyl (C=O) groups excluding carboxylic acids is 1. The molecule has 0 aliphatic carbocycles. The molecular formula is C13H11N3O3S2. The van der Waals surface area contributed by atoms with Gasteiger partial charge in [-0.3, -0.25) is 9.20 Å². The SMILES string of the molecule is O=C(O)C1CCCN1C(=O)c1cc2c(nc3sccn32)s1. The summed E-state index contributed by atoms with van der Waals surface area (Å²) in [5.41, 5.74) is 0.908. The molecule has 1 aliphatic heterocycles. The van der Waals surface area contributed by atoms with Gasteiger partial charge in [0.1, 0.15) is 10.9 Å². The fourth-order valence-electron chi connectivity index (χ4n) is 2.76. The van der Waals surface area contributed by atoms with Crippen molar-refractivity contribution >= 4 is 49.9 Å². The van der Waals surface area contributed by atoms with Crippen LogP contribution in [0.1, 0.15) is 22.5 Å². The zero-order valence-corrected chi connectivity index (χ0v) is 12.5. The fourth-order valence-corrected chi connectivity index (χ4v) is 4.52. The number of carboxylic acids is 1. The van der Waals surface area contributed by atoms with Gasteiger partial charge in [0.15, 0.2) is 4.96 Å². The highest BCUT2D eigenvalue weighted by Gasteiger charge is 2.35. The van der Waals surface area contributed by atoms with Crippen LogP contribution in [-0.2, 0) is 4.79 Å². The Balaban J connectivity index is 1.73. The first-order chi connectivity index (χ1) is 10.1. The minimum atomic E-state index is -0.927. The largest absolute Gasteiger partial charge is 0.480 e. The number of rotatable bonds is 2. The van der Waals surface area contributed by atoms with Gasteiger partial charge in [0.25, 0.3) is 5.91 Å². The Hall–Kier alpha value is -1.93. The van der Waals surface area contributed by atoms with Gasteiger partial charge >= 0.3 is 5.97 Å². The smallest absolute Gasteiger partial charge is 0.326 e. The summed E-state index contributed by atoms with van der Waals surface area (Å²) in [5.74, 6) is -1.13. The lowest BCUT2D eigenvalue weighted by atomic mass is 10.2. The van der Waals surface area contributed by atoms with Gasteiger partial charge in [-0.15, -0.1) is 22.7 Å². The molecule has 0 aromatic carbocycles. The van der Waals surface area contributed by atoms with Crippen molar-refractivity contribution in [3.05, 3.63) is 22.5 Å². The molecule has 1 fully saturated rings. The van der Waals surface area contributed by atoms with Gasteiger partial charge in [-0.2, -0.15) is 0 Å². The van der Waals surface area contributed by atoms with Crippen molar-refractivity contribution < 1.29 is 14.7 Å². The van der Waals surface area contributed by atoms with Gasteiger partial charge in [-0.25, -0.2) is 9.78 Å². The van der Waals surface area contributed by atoms with E-state index in [9.17, 15) is 14.7 Å². The number of carboxylic acid groups (broad SMARTS) is 1. The summed E-state index contributed by atoms with van der Waals surface area (Å²) in [7, 11) is 0. The maximum Gasteiger partial charge on any atom is 0.326 e. The summed E-state index contributed by atoms with van der Waals surface area (Å²) < 4.78 is 1.95. The van der Waals surface area contributed by atoms with Gasteiger partial charge in [-0.1, -0.05) is 0 Å². The number of likely N-dealkylation sites (tertiary alicyclic amines) is 1. The van der Waals surface area contributed by atoms with E-state index < -0.39 is 12.0 Å². The quantitative estimate of drug-likeness (QED) is 0.786. The van der Waals surface area contributed by atoms with E-state index in [-0.39, 0.29) is 5.91 Å². The van der Waals surface area contributed by atoms with Crippen LogP contribution >= 0.6 is 22.7 Å². The van der Waals surface area contributed by atoms with Crippen molar-refractivity contribution in [3.8, 4) is 0 Å². The van der Waals surface area contributed by atoms with E-state index in [4.69, 9.17) is 0 Å². The first kappa shape index (κ1) is 12.8. The number of aromatic nitrogens is 2. The molecule has 3 aromatic rings. The fraction of sp³-hybridized carbons (Fsp3) is 0.308. The summed E-state index contributed by atoms with van der Waals surface area (Å²) in [5, 5.41) is 11.1. The number of nitrogens with zero attached hydrogens (tertiary/aromatic N) is 3. The second-order valence-corrected chi connectivity index (χ2v) is 6.87. The monoisotopic (exact) mass is 321 g/mol. The third-order valence-corrected chi connectivity index (χ3v) is 5.51. The molecular weight excluding hydrogens is 310 g/mol. The molecule has 1 unspecified atom stereocenters. The van der Waals surface area contributed by atoms with Crippen LogP contribution in [-0.4, -0.2) is 43.9 Å². The van der Waals surface area contributed by atoms with E-state index in [1.54, 1.807) is 11.3 Å². The van der Waals surface area contributed by atoms with Crippen molar-refractivity contribution in [2.24, 2.45) is 0 Å². The lowest BCUT2D eigenvalue weighted by molar-refractivity contribution is -0.141. The number of aliphatic carboxylic acids is 1. The molecule has 4 rings (SSSR count). The van der Waals surface area contributed by atoms with Crippen molar-refractivity contribution in [3.63, 3.8) is 0 Å². The number of hydrogen-bond acceptors (Lipinski definition) is 5. The van der Waals surface area contributed by atoms with Crippen LogP contribution in [0.3, 0.4) is 0 Å². The third-order valence-electron chi connectivity index (χ3n) is 3.75. The summed E-state index contributed by atoms with van der Waals surface area (Å²) >= 11 is 2.87. The van der Waals surface area contributed by atoms with E-state index in [0.717, 1.165) is 21.7 Å². The zero-order chi connectivity index (χ0) is 14.6. The number of thiazole rings is 1. The van der Waals surface area contributed by atoms with Crippen LogP contribution < -0.4 is 0 Å². The van der Waals surface area contributed by atoms with Crippen molar-refractivity contribution in [1.82, 2.24) is 14.3 Å². The minimum absolute atomic E-state index is 0.202. The summed E-state index contributed by atoms with van der Waals surface area (Å²) in [6.07, 6.45) is 3.19. The number of carbonyl (C=O) groups is 2. The molecule has 1 saturated heterocycles. The second-order valence-electron chi connectivity index (χ2n) is 4.96. The Morgan fingerprint density at radius 2 is 2.29 bits per heavy atom. The van der Waals surface area contributed by atoms with Crippen molar-refractivity contribution in [2.75, 3.05) is 6.54 Å². The van der Waals surface area contributed by atoms with Crippen LogP contribution in [0.25, 0.3) is 15.3 Å². The molecule has 21 heavy (non-hydrogen) atoms. The zero-order valence-electron chi connectivity index (χ0n) is 10.9. The normalized spacial score (nSPS) is 18.9. The van der Waals surface area contributed by atoms with E-state index in [0.29, 0.717) is 17.8 Å². The molecule has 108 valence electrons. The second kappa shape index (κ2) is 4.54. The molecule has 1 amide bonds. The van der Waals surface area contributed by atoms with Crippen LogP contribution in [0.5, 0.6) is 0 Å². The maximum absolute atomic E-state index is 12.5. The van der Waals surface area contributed by atoms with E-state index >= 15 is 0 Å².